The summed E-state index contributed by atoms with van der Waals surface area (Å²) < 4.78 is 3.50. The summed E-state index contributed by atoms with van der Waals surface area (Å²) in [5.74, 6) is 0.947. The Kier molecular flexibility index (Phi) is 5.17. The average Bonchev–Trinajstić information content (AvgIpc) is 2.97. The quantitative estimate of drug-likeness (QED) is 0.668. The van der Waals surface area contributed by atoms with Crippen LogP contribution in [-0.4, -0.2) is 38.2 Å². The molecule has 1 N–H and O–H groups in total. The molecule has 0 spiro atoms. The van der Waals surface area contributed by atoms with E-state index in [-0.39, 0.29) is 18.1 Å². The number of aromatic nitrogens is 4. The Bertz CT molecular complexity index is 1080. The number of halogens is 1. The van der Waals surface area contributed by atoms with Crippen molar-refractivity contribution in [2.75, 3.05) is 23.3 Å². The molecule has 1 aromatic carbocycles. The minimum absolute atomic E-state index is 0.164. The molecule has 8 nitrogen and oxygen atoms in total. The maximum atomic E-state index is 12.7. The van der Waals surface area contributed by atoms with Crippen molar-refractivity contribution in [3.63, 3.8) is 0 Å². The van der Waals surface area contributed by atoms with Crippen LogP contribution in [0.1, 0.15) is 19.8 Å². The first-order chi connectivity index (χ1) is 13.5. The van der Waals surface area contributed by atoms with Gasteiger partial charge in [-0.15, -0.1) is 5.10 Å². The molecule has 2 aromatic heterocycles. The Hall–Kier alpha value is -2.68. The summed E-state index contributed by atoms with van der Waals surface area (Å²) >= 11 is 3.37. The summed E-state index contributed by atoms with van der Waals surface area (Å²) in [5.41, 5.74) is 0.783. The normalized spacial score (nSPS) is 17.1. The second-order valence-corrected chi connectivity index (χ2v) is 8.05. The van der Waals surface area contributed by atoms with Gasteiger partial charge in [0.1, 0.15) is 6.54 Å². The van der Waals surface area contributed by atoms with Gasteiger partial charge in [0.2, 0.25) is 11.6 Å². The molecule has 1 fully saturated rings. The van der Waals surface area contributed by atoms with Gasteiger partial charge in [0, 0.05) is 35.6 Å². The van der Waals surface area contributed by atoms with Crippen molar-refractivity contribution in [3.8, 4) is 0 Å². The minimum atomic E-state index is -0.354. The summed E-state index contributed by atoms with van der Waals surface area (Å²) in [6.07, 6.45) is 5.47. The van der Waals surface area contributed by atoms with E-state index in [0.29, 0.717) is 23.1 Å². The van der Waals surface area contributed by atoms with Crippen molar-refractivity contribution in [2.45, 2.75) is 26.3 Å². The fourth-order valence-electron chi connectivity index (χ4n) is 3.55. The minimum Gasteiger partial charge on any atom is -0.353 e. The molecule has 0 radical (unpaired) electrons. The molecule has 0 bridgehead atoms. The van der Waals surface area contributed by atoms with Crippen LogP contribution in [-0.2, 0) is 11.3 Å². The predicted molar refractivity (Wildman–Crippen MR) is 111 cm³/mol. The second kappa shape index (κ2) is 7.75. The Morgan fingerprint density at radius 3 is 3.04 bits per heavy atom. The number of hydrogen-bond donors (Lipinski definition) is 1. The zero-order valence-corrected chi connectivity index (χ0v) is 17.1. The molecule has 146 valence electrons. The van der Waals surface area contributed by atoms with Crippen molar-refractivity contribution >= 4 is 39.0 Å². The van der Waals surface area contributed by atoms with E-state index in [1.807, 2.05) is 12.1 Å². The van der Waals surface area contributed by atoms with Gasteiger partial charge in [0.25, 0.3) is 0 Å². The van der Waals surface area contributed by atoms with Crippen LogP contribution in [0, 0.1) is 5.92 Å². The Balaban J connectivity index is 1.60. The number of fused-ring (bicyclic) bond motifs is 1. The third-order valence-electron chi connectivity index (χ3n) is 4.84. The SMILES string of the molecule is C[C@@H]1CCCN(c2nccn3c(=O)n(CC(=O)Nc4cccc(Br)c4)nc23)C1. The number of nitrogens with zero attached hydrogens (tertiary/aromatic N) is 5. The van der Waals surface area contributed by atoms with Crippen LogP contribution in [0.3, 0.4) is 0 Å². The maximum absolute atomic E-state index is 12.7. The summed E-state index contributed by atoms with van der Waals surface area (Å²) in [6.45, 7) is 3.82. The van der Waals surface area contributed by atoms with Gasteiger partial charge in [0.15, 0.2) is 5.82 Å². The van der Waals surface area contributed by atoms with Gasteiger partial charge in [-0.2, -0.15) is 0 Å². The van der Waals surface area contributed by atoms with Crippen LogP contribution >= 0.6 is 15.9 Å². The van der Waals surface area contributed by atoms with Gasteiger partial charge in [-0.05, 0) is 37.0 Å². The van der Waals surface area contributed by atoms with Gasteiger partial charge in [-0.25, -0.2) is 18.9 Å². The summed E-state index contributed by atoms with van der Waals surface area (Å²) in [6, 6.07) is 7.28. The molecule has 1 amide bonds. The van der Waals surface area contributed by atoms with E-state index in [0.717, 1.165) is 24.0 Å². The van der Waals surface area contributed by atoms with Crippen molar-refractivity contribution in [2.24, 2.45) is 5.92 Å². The third kappa shape index (κ3) is 3.80. The van der Waals surface area contributed by atoms with Crippen LogP contribution < -0.4 is 15.9 Å². The number of hydrogen-bond acceptors (Lipinski definition) is 5. The molecule has 0 saturated carbocycles. The molecule has 3 aromatic rings. The van der Waals surface area contributed by atoms with Gasteiger partial charge in [0.05, 0.1) is 0 Å². The monoisotopic (exact) mass is 444 g/mol. The molecule has 0 aliphatic carbocycles. The lowest BCUT2D eigenvalue weighted by Crippen LogP contribution is -2.35. The molecule has 3 heterocycles. The van der Waals surface area contributed by atoms with Gasteiger partial charge >= 0.3 is 5.69 Å². The van der Waals surface area contributed by atoms with Crippen LogP contribution in [0.2, 0.25) is 0 Å². The Labute approximate surface area is 170 Å². The lowest BCUT2D eigenvalue weighted by Gasteiger charge is -2.31. The predicted octanol–water partition coefficient (Wildman–Crippen LogP) is 2.53. The standard InChI is InChI=1S/C19H21BrN6O2/c1-13-4-3-8-24(11-13)17-18-23-26(19(28)25(18)9-7-21-17)12-16(27)22-15-6-2-5-14(20)10-15/h2,5-7,9-10,13H,3-4,8,11-12H2,1H3,(H,22,27)/t13-/m1/s1. The van der Waals surface area contributed by atoms with E-state index in [1.54, 1.807) is 24.5 Å². The molecular weight excluding hydrogens is 424 g/mol. The molecule has 1 aliphatic heterocycles. The number of amides is 1. The van der Waals surface area contributed by atoms with E-state index < -0.39 is 0 Å². The first kappa shape index (κ1) is 18.7. The fourth-order valence-corrected chi connectivity index (χ4v) is 3.95. The molecule has 9 heteroatoms. The smallest absolute Gasteiger partial charge is 0.350 e. The van der Waals surface area contributed by atoms with E-state index in [1.165, 1.54) is 15.5 Å². The van der Waals surface area contributed by atoms with E-state index in [4.69, 9.17) is 0 Å². The second-order valence-electron chi connectivity index (χ2n) is 7.14. The highest BCUT2D eigenvalue weighted by Crippen LogP contribution is 2.23. The lowest BCUT2D eigenvalue weighted by molar-refractivity contribution is -0.117. The third-order valence-corrected chi connectivity index (χ3v) is 5.33. The zero-order valence-electron chi connectivity index (χ0n) is 15.5. The molecule has 28 heavy (non-hydrogen) atoms. The highest BCUT2D eigenvalue weighted by molar-refractivity contribution is 9.10. The van der Waals surface area contributed by atoms with Gasteiger partial charge < -0.3 is 10.2 Å². The van der Waals surface area contributed by atoms with E-state index in [2.05, 4.69) is 43.2 Å². The summed E-state index contributed by atoms with van der Waals surface area (Å²) in [7, 11) is 0. The number of nitrogens with one attached hydrogen (secondary N) is 1. The average molecular weight is 445 g/mol. The van der Waals surface area contributed by atoms with Crippen molar-refractivity contribution in [1.82, 2.24) is 19.2 Å². The van der Waals surface area contributed by atoms with Crippen LogP contribution in [0.5, 0.6) is 0 Å². The zero-order chi connectivity index (χ0) is 19.7. The molecule has 0 unspecified atom stereocenters. The lowest BCUT2D eigenvalue weighted by atomic mass is 10.0. The first-order valence-corrected chi connectivity index (χ1v) is 10.0. The summed E-state index contributed by atoms with van der Waals surface area (Å²) in [5, 5.41) is 7.19. The van der Waals surface area contributed by atoms with Crippen LogP contribution in [0.15, 0.2) is 45.9 Å². The van der Waals surface area contributed by atoms with Crippen LogP contribution in [0.4, 0.5) is 11.5 Å². The molecule has 1 saturated heterocycles. The number of benzene rings is 1. The van der Waals surface area contributed by atoms with Crippen molar-refractivity contribution in [3.05, 3.63) is 51.6 Å². The Morgan fingerprint density at radius 2 is 2.25 bits per heavy atom. The van der Waals surface area contributed by atoms with Gasteiger partial charge in [-0.3, -0.25) is 4.79 Å². The molecule has 4 rings (SSSR count). The molecular formula is C19H21BrN6O2. The Morgan fingerprint density at radius 1 is 1.39 bits per heavy atom. The van der Waals surface area contributed by atoms with Crippen molar-refractivity contribution in [1.29, 1.82) is 0 Å². The fraction of sp³-hybridized carbons (Fsp3) is 0.368. The number of rotatable bonds is 4. The first-order valence-electron chi connectivity index (χ1n) is 9.26. The van der Waals surface area contributed by atoms with E-state index in [9.17, 15) is 9.59 Å². The van der Waals surface area contributed by atoms with E-state index >= 15 is 0 Å². The number of anilines is 2. The number of carbonyl (C=O) groups is 1. The van der Waals surface area contributed by atoms with Crippen molar-refractivity contribution < 1.29 is 4.79 Å². The van der Waals surface area contributed by atoms with Crippen LogP contribution in [0.25, 0.3) is 5.65 Å². The highest BCUT2D eigenvalue weighted by Gasteiger charge is 2.22. The van der Waals surface area contributed by atoms with Gasteiger partial charge in [-0.1, -0.05) is 28.9 Å². The summed E-state index contributed by atoms with van der Waals surface area (Å²) in [4.78, 5) is 31.7. The largest absolute Gasteiger partial charge is 0.353 e. The molecule has 1 atom stereocenters. The highest BCUT2D eigenvalue weighted by atomic mass is 79.9. The topological polar surface area (TPSA) is 84.5 Å². The number of piperidine rings is 1. The molecule has 1 aliphatic rings. The maximum Gasteiger partial charge on any atom is 0.350 e. The number of carbonyl (C=O) groups excluding carboxylic acids is 1.